The largest absolute Gasteiger partial charge is 0.454 e. The minimum atomic E-state index is -3.83. The molecular formula is C19H23N3O6S. The van der Waals surface area contributed by atoms with Gasteiger partial charge in [-0.1, -0.05) is 6.07 Å². The first-order valence-electron chi connectivity index (χ1n) is 8.88. The maximum atomic E-state index is 12.9. The average molecular weight is 421 g/mol. The number of rotatable bonds is 6. The van der Waals surface area contributed by atoms with Gasteiger partial charge in [-0.25, -0.2) is 13.2 Å². The van der Waals surface area contributed by atoms with Crippen molar-refractivity contribution >= 4 is 21.8 Å². The molecule has 2 atom stereocenters. The number of allylic oxidation sites excluding steroid dienone is 1. The Morgan fingerprint density at radius 2 is 1.93 bits per heavy atom. The first-order valence-corrected chi connectivity index (χ1v) is 10.3. The van der Waals surface area contributed by atoms with Crippen LogP contribution in [0.25, 0.3) is 0 Å². The normalized spacial score (nSPS) is 21.0. The molecule has 0 saturated carbocycles. The number of nitrogens with two attached hydrogens (primary N) is 1. The van der Waals surface area contributed by atoms with E-state index in [1.54, 1.807) is 19.9 Å². The Morgan fingerprint density at radius 3 is 2.48 bits per heavy atom. The molecular weight excluding hydrogens is 398 g/mol. The number of Topliss-reactive ketones (excluding diaryl/α,β-unsaturated/α-hetero) is 1. The summed E-state index contributed by atoms with van der Waals surface area (Å²) in [5.74, 6) is -1.62. The van der Waals surface area contributed by atoms with Gasteiger partial charge in [-0.05, 0) is 39.0 Å². The number of ketones is 1. The lowest BCUT2D eigenvalue weighted by Crippen LogP contribution is -2.48. The molecule has 0 aliphatic carbocycles. The second-order valence-corrected chi connectivity index (χ2v) is 8.71. The molecule has 156 valence electrons. The Hall–Kier alpha value is -2.74. The Balaban J connectivity index is 2.16. The minimum absolute atomic E-state index is 0.0237. The summed E-state index contributed by atoms with van der Waals surface area (Å²) in [6.07, 6.45) is -0.498. The molecule has 0 radical (unpaired) electrons. The highest BCUT2D eigenvalue weighted by molar-refractivity contribution is 7.89. The first-order chi connectivity index (χ1) is 13.6. The van der Waals surface area contributed by atoms with Crippen molar-refractivity contribution < 1.29 is 27.5 Å². The summed E-state index contributed by atoms with van der Waals surface area (Å²) in [6.45, 7) is 4.70. The molecule has 9 nitrogen and oxygen atoms in total. The van der Waals surface area contributed by atoms with Crippen molar-refractivity contribution in [3.05, 3.63) is 41.1 Å². The van der Waals surface area contributed by atoms with Gasteiger partial charge in [0, 0.05) is 18.8 Å². The van der Waals surface area contributed by atoms with E-state index in [4.69, 9.17) is 20.5 Å². The van der Waals surface area contributed by atoms with Crippen LogP contribution in [0.3, 0.4) is 0 Å². The lowest BCUT2D eigenvalue weighted by Gasteiger charge is -2.34. The molecule has 2 N–H and O–H groups in total. The van der Waals surface area contributed by atoms with Crippen LogP contribution in [-0.2, 0) is 24.3 Å². The number of nitriles is 1. The van der Waals surface area contributed by atoms with Crippen LogP contribution in [-0.4, -0.2) is 56.4 Å². The molecule has 0 aromatic heterocycles. The molecule has 0 bridgehead atoms. The fourth-order valence-electron chi connectivity index (χ4n) is 2.92. The SMILES string of the molecule is C/C(N)=C(\C#N)C(=O)COC(=O)c1cccc(S(=O)(=O)N2CC(C)OC(C)C2)c1. The predicted molar refractivity (Wildman–Crippen MR) is 103 cm³/mol. The maximum Gasteiger partial charge on any atom is 0.338 e. The van der Waals surface area contributed by atoms with E-state index < -0.39 is 28.4 Å². The van der Waals surface area contributed by atoms with Crippen molar-refractivity contribution in [3.8, 4) is 6.07 Å². The van der Waals surface area contributed by atoms with Crippen LogP contribution in [0, 0.1) is 11.3 Å². The number of hydrogen-bond acceptors (Lipinski definition) is 8. The fraction of sp³-hybridized carbons (Fsp3) is 0.421. The molecule has 10 heteroatoms. The van der Waals surface area contributed by atoms with Crippen LogP contribution >= 0.6 is 0 Å². The molecule has 2 unspecified atom stereocenters. The quantitative estimate of drug-likeness (QED) is 0.407. The Bertz CT molecular complexity index is 966. The lowest BCUT2D eigenvalue weighted by atomic mass is 10.1. The van der Waals surface area contributed by atoms with Crippen molar-refractivity contribution in [2.24, 2.45) is 5.73 Å². The van der Waals surface area contributed by atoms with Crippen LogP contribution in [0.15, 0.2) is 40.4 Å². The number of esters is 1. The zero-order chi connectivity index (χ0) is 21.8. The van der Waals surface area contributed by atoms with Gasteiger partial charge in [0.05, 0.1) is 22.7 Å². The van der Waals surface area contributed by atoms with Crippen LogP contribution in [0.5, 0.6) is 0 Å². The molecule has 1 fully saturated rings. The van der Waals surface area contributed by atoms with Crippen molar-refractivity contribution in [2.45, 2.75) is 37.9 Å². The van der Waals surface area contributed by atoms with Gasteiger partial charge in [0.15, 0.2) is 6.61 Å². The summed E-state index contributed by atoms with van der Waals surface area (Å²) in [7, 11) is -3.83. The van der Waals surface area contributed by atoms with Crippen LogP contribution in [0.1, 0.15) is 31.1 Å². The predicted octanol–water partition coefficient (Wildman–Crippen LogP) is 0.967. The molecule has 29 heavy (non-hydrogen) atoms. The third-order valence-corrected chi connectivity index (χ3v) is 6.04. The standard InChI is InChI=1S/C19H23N3O6S/c1-12-9-22(10-13(2)28-12)29(25,26)16-6-4-5-15(7-16)19(24)27-11-18(23)17(8-20)14(3)21/h4-7,12-13H,9-11,21H2,1-3H3/b17-14-. The van der Waals surface area contributed by atoms with Crippen LogP contribution in [0.4, 0.5) is 0 Å². The highest BCUT2D eigenvalue weighted by atomic mass is 32.2. The van der Waals surface area contributed by atoms with Crippen molar-refractivity contribution in [3.63, 3.8) is 0 Å². The van der Waals surface area contributed by atoms with Gasteiger partial charge in [0.2, 0.25) is 15.8 Å². The zero-order valence-electron chi connectivity index (χ0n) is 16.4. The molecule has 1 heterocycles. The summed E-state index contributed by atoms with van der Waals surface area (Å²) >= 11 is 0. The third-order valence-electron chi connectivity index (χ3n) is 4.21. The van der Waals surface area contributed by atoms with Gasteiger partial charge in [0.1, 0.15) is 11.6 Å². The molecule has 1 aliphatic rings. The van der Waals surface area contributed by atoms with E-state index in [2.05, 4.69) is 0 Å². The summed E-state index contributed by atoms with van der Waals surface area (Å²) in [5.41, 5.74) is 5.15. The van der Waals surface area contributed by atoms with E-state index >= 15 is 0 Å². The van der Waals surface area contributed by atoms with E-state index in [1.165, 1.54) is 35.5 Å². The molecule has 1 aliphatic heterocycles. The number of ether oxygens (including phenoxy) is 2. The average Bonchev–Trinajstić information content (AvgIpc) is 2.65. The number of sulfonamides is 1. The van der Waals surface area contributed by atoms with Gasteiger partial charge < -0.3 is 15.2 Å². The van der Waals surface area contributed by atoms with Gasteiger partial charge in [0.25, 0.3) is 0 Å². The van der Waals surface area contributed by atoms with E-state index in [0.717, 1.165) is 0 Å². The topological polar surface area (TPSA) is 140 Å². The Kier molecular flexibility index (Phi) is 7.13. The number of carbonyl (C=O) groups is 2. The molecule has 0 amide bonds. The smallest absolute Gasteiger partial charge is 0.338 e. The highest BCUT2D eigenvalue weighted by Crippen LogP contribution is 2.22. The van der Waals surface area contributed by atoms with E-state index in [1.807, 2.05) is 0 Å². The number of hydrogen-bond donors (Lipinski definition) is 1. The highest BCUT2D eigenvalue weighted by Gasteiger charge is 2.32. The van der Waals surface area contributed by atoms with Gasteiger partial charge >= 0.3 is 5.97 Å². The van der Waals surface area contributed by atoms with Crippen molar-refractivity contribution in [1.82, 2.24) is 4.31 Å². The number of nitrogens with zero attached hydrogens (tertiary/aromatic N) is 2. The molecule has 0 spiro atoms. The van der Waals surface area contributed by atoms with E-state index in [0.29, 0.717) is 0 Å². The summed E-state index contributed by atoms with van der Waals surface area (Å²) < 4.78 is 37.6. The van der Waals surface area contributed by atoms with E-state index in [-0.39, 0.29) is 47.0 Å². The first kappa shape index (κ1) is 22.5. The fourth-order valence-corrected chi connectivity index (χ4v) is 4.55. The van der Waals surface area contributed by atoms with Crippen molar-refractivity contribution in [1.29, 1.82) is 5.26 Å². The van der Waals surface area contributed by atoms with Gasteiger partial charge in [-0.15, -0.1) is 0 Å². The summed E-state index contributed by atoms with van der Waals surface area (Å²) in [6, 6.07) is 7.04. The number of morpholine rings is 1. The van der Waals surface area contributed by atoms with Gasteiger partial charge in [-0.3, -0.25) is 4.79 Å². The summed E-state index contributed by atoms with van der Waals surface area (Å²) in [4.78, 5) is 24.1. The molecule has 1 saturated heterocycles. The molecule has 1 aromatic rings. The number of carbonyl (C=O) groups excluding carboxylic acids is 2. The second-order valence-electron chi connectivity index (χ2n) is 6.78. The van der Waals surface area contributed by atoms with Crippen LogP contribution < -0.4 is 5.73 Å². The second kappa shape index (κ2) is 9.17. The van der Waals surface area contributed by atoms with Gasteiger partial charge in [-0.2, -0.15) is 9.57 Å². The number of benzene rings is 1. The summed E-state index contributed by atoms with van der Waals surface area (Å²) in [5, 5.41) is 8.91. The monoisotopic (exact) mass is 421 g/mol. The van der Waals surface area contributed by atoms with Crippen molar-refractivity contribution in [2.75, 3.05) is 19.7 Å². The minimum Gasteiger partial charge on any atom is -0.454 e. The van der Waals surface area contributed by atoms with Crippen LogP contribution in [0.2, 0.25) is 0 Å². The zero-order valence-corrected chi connectivity index (χ0v) is 17.2. The Labute approximate surface area is 169 Å². The third kappa shape index (κ3) is 5.41. The lowest BCUT2D eigenvalue weighted by molar-refractivity contribution is -0.118. The molecule has 2 rings (SSSR count). The molecule has 1 aromatic carbocycles. The Morgan fingerprint density at radius 1 is 1.31 bits per heavy atom. The maximum absolute atomic E-state index is 12.9. The van der Waals surface area contributed by atoms with E-state index in [9.17, 15) is 18.0 Å².